The van der Waals surface area contributed by atoms with Crippen molar-refractivity contribution < 1.29 is 63.3 Å². The van der Waals surface area contributed by atoms with E-state index in [2.05, 4.69) is 0 Å². The zero-order valence-corrected chi connectivity index (χ0v) is 10.8. The average molecular weight is 390 g/mol. The normalized spacial score (nSPS) is 10.5. The van der Waals surface area contributed by atoms with Gasteiger partial charge in [-0.15, -0.1) is 0 Å². The Bertz CT molecular complexity index is 70.2. The molecule has 12 heteroatoms. The second-order valence-corrected chi connectivity index (χ2v) is 0.990. The maximum atomic E-state index is 9.75. The first kappa shape index (κ1) is 18.2. The molecule has 0 aliphatic rings. The van der Waals surface area contributed by atoms with Crippen molar-refractivity contribution in [3.63, 3.8) is 0 Å². The Morgan fingerprint density at radius 3 is 0.583 bits per heavy atom. The van der Waals surface area contributed by atoms with Crippen LogP contribution in [0.4, 0.5) is 34.5 Å². The van der Waals surface area contributed by atoms with Crippen molar-refractivity contribution in [1.82, 2.24) is 0 Å². The van der Waals surface area contributed by atoms with Crippen LogP contribution in [-0.2, 0) is 28.8 Å². The molecule has 0 aliphatic heterocycles. The van der Waals surface area contributed by atoms with Gasteiger partial charge in [0.25, 0.3) is 0 Å². The van der Waals surface area contributed by atoms with Crippen LogP contribution < -0.4 is 0 Å². The van der Waals surface area contributed by atoms with Gasteiger partial charge in [-0.05, 0) is 0 Å². The van der Waals surface area contributed by atoms with Crippen LogP contribution in [0.2, 0.25) is 0 Å². The summed E-state index contributed by atoms with van der Waals surface area (Å²) in [6.07, 6.45) is 0. The number of halogens is 8. The second-order valence-electron chi connectivity index (χ2n) is 0.990. The fraction of sp³-hybridized carbons (Fsp3) is 0. The standard InChI is InChI=1S/2BF4.Hg.O/c2*2-1(3,4)5;;/q2*-1;;. The summed E-state index contributed by atoms with van der Waals surface area (Å²) in [5.41, 5.74) is 0. The molecule has 0 fully saturated rings. The molecule has 0 saturated heterocycles. The van der Waals surface area contributed by atoms with Crippen LogP contribution in [0, 0.1) is 0 Å². The summed E-state index contributed by atoms with van der Waals surface area (Å²) in [7, 11) is -12.0. The van der Waals surface area contributed by atoms with Crippen LogP contribution >= 0.6 is 0 Å². The minimum absolute atomic E-state index is 0.222. The van der Waals surface area contributed by atoms with Gasteiger partial charge in [-0.25, -0.2) is 0 Å². The van der Waals surface area contributed by atoms with E-state index < -0.39 is 14.5 Å². The topological polar surface area (TPSA) is 17.1 Å². The monoisotopic (exact) mass is 392 g/mol. The third kappa shape index (κ3) is 9600. The molecular weight excluding hydrogens is 390 g/mol. The zero-order valence-electron chi connectivity index (χ0n) is 5.29. The number of hydrogen-bond acceptors (Lipinski definition) is 1. The van der Waals surface area contributed by atoms with Crippen molar-refractivity contribution in [2.45, 2.75) is 0 Å². The van der Waals surface area contributed by atoms with E-state index in [1.54, 1.807) is 0 Å². The Labute approximate surface area is 78.2 Å². The third-order valence-electron chi connectivity index (χ3n) is 0. The van der Waals surface area contributed by atoms with Gasteiger partial charge in [-0.2, -0.15) is 0 Å². The third-order valence-corrected chi connectivity index (χ3v) is 0. The number of hydrogen-bond donors (Lipinski definition) is 0. The molecular formula is B2F8HgO-2. The van der Waals surface area contributed by atoms with Crippen LogP contribution in [0.3, 0.4) is 0 Å². The quantitative estimate of drug-likeness (QED) is 0.459. The van der Waals surface area contributed by atoms with Crippen molar-refractivity contribution in [2.75, 3.05) is 0 Å². The van der Waals surface area contributed by atoms with E-state index in [0.717, 1.165) is 0 Å². The average Bonchev–Trinajstić information content (AvgIpc) is 1.59. The molecule has 0 unspecified atom stereocenters. The molecule has 0 spiro atoms. The first-order valence-corrected chi connectivity index (χ1v) is 4.28. The molecule has 0 atom stereocenters. The van der Waals surface area contributed by atoms with Gasteiger partial charge in [0.2, 0.25) is 0 Å². The van der Waals surface area contributed by atoms with E-state index in [9.17, 15) is 34.5 Å². The summed E-state index contributed by atoms with van der Waals surface area (Å²) in [5, 5.41) is 0. The van der Waals surface area contributed by atoms with Crippen LogP contribution in [0.15, 0.2) is 0 Å². The summed E-state index contributed by atoms with van der Waals surface area (Å²) in [6.45, 7) is 0. The minimum atomic E-state index is -6.00. The Balaban J connectivity index is -0.000000112. The van der Waals surface area contributed by atoms with E-state index in [4.69, 9.17) is 2.64 Å². The Hall–Kier alpha value is 0.305. The van der Waals surface area contributed by atoms with E-state index in [1.165, 1.54) is 0 Å². The molecule has 0 aliphatic carbocycles. The first-order chi connectivity index (χ1) is 5.00. The van der Waals surface area contributed by atoms with Crippen molar-refractivity contribution in [3.05, 3.63) is 0 Å². The Morgan fingerprint density at radius 1 is 0.583 bits per heavy atom. The molecule has 0 saturated carbocycles. The zero-order chi connectivity index (χ0) is 11.0. The molecule has 0 aromatic carbocycles. The molecule has 0 radical (unpaired) electrons. The molecule has 0 bridgehead atoms. The molecule has 0 amide bonds. The predicted octanol–water partition coefficient (Wildman–Crippen LogP) is 2.48. The van der Waals surface area contributed by atoms with Crippen LogP contribution in [-0.4, -0.2) is 14.5 Å². The van der Waals surface area contributed by atoms with Crippen LogP contribution in [0.5, 0.6) is 0 Å². The molecule has 0 rings (SSSR count). The fourth-order valence-electron chi connectivity index (χ4n) is 0. The molecule has 0 aromatic rings. The van der Waals surface area contributed by atoms with Crippen molar-refractivity contribution in [3.8, 4) is 0 Å². The summed E-state index contributed by atoms with van der Waals surface area (Å²) < 4.78 is 86.4. The fourth-order valence-corrected chi connectivity index (χ4v) is 0. The second kappa shape index (κ2) is 7.93. The molecule has 1 nitrogen and oxygen atoms in total. The molecule has 12 heavy (non-hydrogen) atoms. The van der Waals surface area contributed by atoms with Gasteiger partial charge in [-0.3, -0.25) is 0 Å². The van der Waals surface area contributed by atoms with Gasteiger partial charge >= 0.3 is 43.3 Å². The first-order valence-electron chi connectivity index (χ1n) is 2.03. The molecule has 72 valence electrons. The van der Waals surface area contributed by atoms with Gasteiger partial charge in [0, 0.05) is 0 Å². The summed E-state index contributed by atoms with van der Waals surface area (Å²) in [4.78, 5) is 0. The van der Waals surface area contributed by atoms with E-state index >= 15 is 0 Å². The van der Waals surface area contributed by atoms with Gasteiger partial charge in [0.15, 0.2) is 0 Å². The summed E-state index contributed by atoms with van der Waals surface area (Å²) in [5.74, 6) is 0. The van der Waals surface area contributed by atoms with Crippen molar-refractivity contribution >= 4 is 14.5 Å². The van der Waals surface area contributed by atoms with Crippen molar-refractivity contribution in [2.24, 2.45) is 0 Å². The van der Waals surface area contributed by atoms with Crippen molar-refractivity contribution in [1.29, 1.82) is 0 Å². The summed E-state index contributed by atoms with van der Waals surface area (Å²) >= 11 is -0.222. The van der Waals surface area contributed by atoms with E-state index in [-0.39, 0.29) is 26.1 Å². The Kier molecular flexibility index (Phi) is 12.0. The van der Waals surface area contributed by atoms with Gasteiger partial charge < -0.3 is 34.5 Å². The molecule has 0 aromatic heterocycles. The van der Waals surface area contributed by atoms with E-state index in [0.29, 0.717) is 0 Å². The maximum absolute atomic E-state index is 9.75. The van der Waals surface area contributed by atoms with Crippen LogP contribution in [0.1, 0.15) is 0 Å². The molecule has 0 N–H and O–H groups in total. The van der Waals surface area contributed by atoms with E-state index in [1.807, 2.05) is 0 Å². The Morgan fingerprint density at radius 2 is 0.583 bits per heavy atom. The van der Waals surface area contributed by atoms with Gasteiger partial charge in [0.1, 0.15) is 0 Å². The van der Waals surface area contributed by atoms with Gasteiger partial charge in [-0.1, -0.05) is 0 Å². The summed E-state index contributed by atoms with van der Waals surface area (Å²) in [6, 6.07) is 0. The van der Waals surface area contributed by atoms with Crippen LogP contribution in [0.25, 0.3) is 0 Å². The van der Waals surface area contributed by atoms with Gasteiger partial charge in [0.05, 0.1) is 0 Å². The predicted molar refractivity (Wildman–Crippen MR) is 21.1 cm³/mol. The molecule has 0 heterocycles. The SMILES string of the molecule is F[B-](F)(F)F.F[B-](F)(F)F.[O]=[Hg]. The number of rotatable bonds is 0.